The van der Waals surface area contributed by atoms with Crippen molar-refractivity contribution in [3.05, 3.63) is 17.7 Å². The van der Waals surface area contributed by atoms with Gasteiger partial charge in [0.1, 0.15) is 11.5 Å². The lowest BCUT2D eigenvalue weighted by Crippen LogP contribution is -2.24. The van der Waals surface area contributed by atoms with Gasteiger partial charge in [-0.25, -0.2) is 4.98 Å². The number of imidazole rings is 1. The van der Waals surface area contributed by atoms with Crippen molar-refractivity contribution in [3.8, 4) is 0 Å². The summed E-state index contributed by atoms with van der Waals surface area (Å²) < 4.78 is 4.51. The van der Waals surface area contributed by atoms with E-state index in [1.165, 1.54) is 13.3 Å². The standard InChI is InChI=1S/C11H17N3O3/c1-8-13-7-9(14-8)11(16)12-6-4-3-5-10(15)17-2/h7H,3-6H2,1-2H3,(H,12,16)(H,13,14). The first-order valence-electron chi connectivity index (χ1n) is 5.50. The Kier molecular flexibility index (Phi) is 5.19. The molecule has 6 nitrogen and oxygen atoms in total. The van der Waals surface area contributed by atoms with Gasteiger partial charge in [0.2, 0.25) is 0 Å². The molecule has 0 atom stereocenters. The Labute approximate surface area is 99.8 Å². The maximum absolute atomic E-state index is 11.5. The van der Waals surface area contributed by atoms with E-state index in [1.807, 2.05) is 0 Å². The number of methoxy groups -OCH3 is 1. The molecule has 1 rings (SSSR count). The predicted octanol–water partition coefficient (Wildman–Crippen LogP) is 0.791. The Bertz CT molecular complexity index is 387. The number of rotatable bonds is 6. The molecule has 17 heavy (non-hydrogen) atoms. The lowest BCUT2D eigenvalue weighted by Gasteiger charge is -2.03. The molecule has 2 N–H and O–H groups in total. The van der Waals surface area contributed by atoms with Gasteiger partial charge in [-0.3, -0.25) is 9.59 Å². The quantitative estimate of drug-likeness (QED) is 0.568. The van der Waals surface area contributed by atoms with Crippen LogP contribution in [-0.2, 0) is 9.53 Å². The van der Waals surface area contributed by atoms with Crippen LogP contribution in [0.25, 0.3) is 0 Å². The Morgan fingerprint density at radius 2 is 2.24 bits per heavy atom. The van der Waals surface area contributed by atoms with E-state index in [2.05, 4.69) is 20.0 Å². The molecule has 0 aliphatic carbocycles. The fourth-order valence-electron chi connectivity index (χ4n) is 1.33. The largest absolute Gasteiger partial charge is 0.469 e. The average Bonchev–Trinajstić information content (AvgIpc) is 2.75. The molecular weight excluding hydrogens is 222 g/mol. The summed E-state index contributed by atoms with van der Waals surface area (Å²) in [4.78, 5) is 29.1. The van der Waals surface area contributed by atoms with Crippen LogP contribution in [0.15, 0.2) is 6.20 Å². The van der Waals surface area contributed by atoms with E-state index >= 15 is 0 Å². The fraction of sp³-hybridized carbons (Fsp3) is 0.545. The summed E-state index contributed by atoms with van der Waals surface area (Å²) in [6.45, 7) is 2.32. The SMILES string of the molecule is COC(=O)CCCCNC(=O)c1cnc(C)[nH]1. The maximum Gasteiger partial charge on any atom is 0.305 e. The van der Waals surface area contributed by atoms with Crippen molar-refractivity contribution in [1.82, 2.24) is 15.3 Å². The number of nitrogens with one attached hydrogen (secondary N) is 2. The van der Waals surface area contributed by atoms with Crippen molar-refractivity contribution in [2.45, 2.75) is 26.2 Å². The van der Waals surface area contributed by atoms with Crippen molar-refractivity contribution in [2.75, 3.05) is 13.7 Å². The molecule has 0 spiro atoms. The molecule has 0 saturated carbocycles. The zero-order chi connectivity index (χ0) is 12.7. The first-order chi connectivity index (χ1) is 8.13. The van der Waals surface area contributed by atoms with Crippen LogP contribution in [0, 0.1) is 6.92 Å². The molecule has 94 valence electrons. The highest BCUT2D eigenvalue weighted by Crippen LogP contribution is 1.98. The van der Waals surface area contributed by atoms with Gasteiger partial charge in [0.25, 0.3) is 5.91 Å². The van der Waals surface area contributed by atoms with Gasteiger partial charge in [0, 0.05) is 13.0 Å². The zero-order valence-electron chi connectivity index (χ0n) is 10.1. The number of carbonyl (C=O) groups is 2. The number of hydrogen-bond donors (Lipinski definition) is 2. The number of unbranched alkanes of at least 4 members (excludes halogenated alkanes) is 1. The summed E-state index contributed by atoms with van der Waals surface area (Å²) in [5.41, 5.74) is 0.454. The van der Waals surface area contributed by atoms with Gasteiger partial charge in [0.05, 0.1) is 13.3 Å². The van der Waals surface area contributed by atoms with E-state index < -0.39 is 0 Å². The number of H-pyrrole nitrogens is 1. The van der Waals surface area contributed by atoms with Crippen LogP contribution in [-0.4, -0.2) is 35.5 Å². The highest BCUT2D eigenvalue weighted by Gasteiger charge is 2.07. The van der Waals surface area contributed by atoms with Gasteiger partial charge >= 0.3 is 5.97 Å². The van der Waals surface area contributed by atoms with Crippen LogP contribution in [0.5, 0.6) is 0 Å². The Morgan fingerprint density at radius 3 is 2.82 bits per heavy atom. The first-order valence-corrected chi connectivity index (χ1v) is 5.50. The summed E-state index contributed by atoms with van der Waals surface area (Å²) in [7, 11) is 1.37. The third-order valence-corrected chi connectivity index (χ3v) is 2.27. The van der Waals surface area contributed by atoms with Crippen LogP contribution in [0.4, 0.5) is 0 Å². The minimum atomic E-state index is -0.222. The van der Waals surface area contributed by atoms with Gasteiger partial charge in [-0.1, -0.05) is 0 Å². The second kappa shape index (κ2) is 6.67. The van der Waals surface area contributed by atoms with E-state index in [0.717, 1.165) is 6.42 Å². The highest BCUT2D eigenvalue weighted by atomic mass is 16.5. The Balaban J connectivity index is 2.15. The molecule has 1 heterocycles. The number of amides is 1. The lowest BCUT2D eigenvalue weighted by molar-refractivity contribution is -0.140. The number of hydrogen-bond acceptors (Lipinski definition) is 4. The first kappa shape index (κ1) is 13.2. The van der Waals surface area contributed by atoms with E-state index in [-0.39, 0.29) is 11.9 Å². The second-order valence-corrected chi connectivity index (χ2v) is 3.67. The van der Waals surface area contributed by atoms with Crippen molar-refractivity contribution >= 4 is 11.9 Å². The number of nitrogens with zero attached hydrogens (tertiary/aromatic N) is 1. The molecule has 0 radical (unpaired) electrons. The topological polar surface area (TPSA) is 84.1 Å². The number of carbonyl (C=O) groups excluding carboxylic acids is 2. The molecule has 1 aromatic heterocycles. The fourth-order valence-corrected chi connectivity index (χ4v) is 1.33. The molecule has 0 aromatic carbocycles. The summed E-state index contributed by atoms with van der Waals surface area (Å²) in [5, 5.41) is 2.74. The lowest BCUT2D eigenvalue weighted by atomic mass is 10.2. The van der Waals surface area contributed by atoms with Gasteiger partial charge < -0.3 is 15.0 Å². The number of esters is 1. The molecule has 0 aliphatic rings. The predicted molar refractivity (Wildman–Crippen MR) is 61.5 cm³/mol. The van der Waals surface area contributed by atoms with Gasteiger partial charge in [-0.2, -0.15) is 0 Å². The molecule has 0 unspecified atom stereocenters. The van der Waals surface area contributed by atoms with E-state index in [1.54, 1.807) is 6.92 Å². The molecule has 0 fully saturated rings. The Hall–Kier alpha value is -1.85. The maximum atomic E-state index is 11.5. The average molecular weight is 239 g/mol. The monoisotopic (exact) mass is 239 g/mol. The summed E-state index contributed by atoms with van der Waals surface area (Å²) in [6, 6.07) is 0. The van der Waals surface area contributed by atoms with Crippen molar-refractivity contribution in [3.63, 3.8) is 0 Å². The van der Waals surface area contributed by atoms with Crippen LogP contribution in [0.2, 0.25) is 0 Å². The van der Waals surface area contributed by atoms with Crippen molar-refractivity contribution in [1.29, 1.82) is 0 Å². The molecule has 0 saturated heterocycles. The Morgan fingerprint density at radius 1 is 1.47 bits per heavy atom. The molecule has 1 aromatic rings. The van der Waals surface area contributed by atoms with Gasteiger partial charge in [0.15, 0.2) is 0 Å². The molecule has 1 amide bonds. The number of aromatic nitrogens is 2. The molecule has 6 heteroatoms. The molecular formula is C11H17N3O3. The van der Waals surface area contributed by atoms with Crippen LogP contribution >= 0.6 is 0 Å². The number of ether oxygens (including phenoxy) is 1. The van der Waals surface area contributed by atoms with Crippen LogP contribution in [0.1, 0.15) is 35.6 Å². The molecule has 0 aliphatic heterocycles. The second-order valence-electron chi connectivity index (χ2n) is 3.67. The van der Waals surface area contributed by atoms with E-state index in [0.29, 0.717) is 30.9 Å². The van der Waals surface area contributed by atoms with Crippen molar-refractivity contribution < 1.29 is 14.3 Å². The molecule has 0 bridgehead atoms. The highest BCUT2D eigenvalue weighted by molar-refractivity contribution is 5.92. The number of aromatic amines is 1. The van der Waals surface area contributed by atoms with Crippen molar-refractivity contribution in [2.24, 2.45) is 0 Å². The van der Waals surface area contributed by atoms with Crippen LogP contribution in [0.3, 0.4) is 0 Å². The third-order valence-electron chi connectivity index (χ3n) is 2.27. The third kappa shape index (κ3) is 4.67. The number of aryl methyl sites for hydroxylation is 1. The minimum absolute atomic E-state index is 0.177. The van der Waals surface area contributed by atoms with E-state index in [4.69, 9.17) is 0 Å². The van der Waals surface area contributed by atoms with E-state index in [9.17, 15) is 9.59 Å². The smallest absolute Gasteiger partial charge is 0.305 e. The summed E-state index contributed by atoms with van der Waals surface area (Å²) in [5.74, 6) is 0.310. The van der Waals surface area contributed by atoms with Gasteiger partial charge in [-0.15, -0.1) is 0 Å². The summed E-state index contributed by atoms with van der Waals surface area (Å²) >= 11 is 0. The normalized spacial score (nSPS) is 10.0. The van der Waals surface area contributed by atoms with Gasteiger partial charge in [-0.05, 0) is 19.8 Å². The summed E-state index contributed by atoms with van der Waals surface area (Å²) in [6.07, 6.45) is 3.33. The zero-order valence-corrected chi connectivity index (χ0v) is 10.1. The minimum Gasteiger partial charge on any atom is -0.469 e. The van der Waals surface area contributed by atoms with Crippen LogP contribution < -0.4 is 5.32 Å².